The van der Waals surface area contributed by atoms with Gasteiger partial charge in [0.25, 0.3) is 0 Å². The number of benzene rings is 1. The van der Waals surface area contributed by atoms with E-state index in [-0.39, 0.29) is 19.3 Å². The lowest BCUT2D eigenvalue weighted by Gasteiger charge is -2.25. The summed E-state index contributed by atoms with van der Waals surface area (Å²) >= 11 is 1.61. The molecule has 0 bridgehead atoms. The van der Waals surface area contributed by atoms with Crippen molar-refractivity contribution in [2.24, 2.45) is 0 Å². The number of fused-ring (bicyclic) bond motifs is 4. The van der Waals surface area contributed by atoms with Crippen LogP contribution in [0.2, 0.25) is 0 Å². The number of thiophene rings is 1. The lowest BCUT2D eigenvalue weighted by atomic mass is 9.94. The van der Waals surface area contributed by atoms with Crippen LogP contribution in [-0.4, -0.2) is 69.2 Å². The molecule has 10 nitrogen and oxygen atoms in total. The molecule has 0 saturated heterocycles. The van der Waals surface area contributed by atoms with Gasteiger partial charge in [0, 0.05) is 36.3 Å². The Balaban J connectivity index is 1.43. The van der Waals surface area contributed by atoms with Gasteiger partial charge in [-0.05, 0) is 31.4 Å². The Kier molecular flexibility index (Phi) is 6.20. The molecule has 178 valence electrons. The summed E-state index contributed by atoms with van der Waals surface area (Å²) in [5.74, 6) is 1.44. The van der Waals surface area contributed by atoms with Gasteiger partial charge >= 0.3 is 6.09 Å². The second kappa shape index (κ2) is 9.43. The molecular weight excluding hydrogens is 456 g/mol. The number of H-pyrrole nitrogens is 1. The van der Waals surface area contributed by atoms with Crippen LogP contribution >= 0.6 is 11.3 Å². The smallest absolute Gasteiger partial charge is 0.409 e. The first-order valence-corrected chi connectivity index (χ1v) is 12.0. The van der Waals surface area contributed by atoms with Gasteiger partial charge in [-0.15, -0.1) is 11.3 Å². The van der Waals surface area contributed by atoms with E-state index in [1.54, 1.807) is 30.9 Å². The second-order valence-corrected chi connectivity index (χ2v) is 9.25. The zero-order chi connectivity index (χ0) is 23.7. The van der Waals surface area contributed by atoms with Gasteiger partial charge in [0.05, 0.1) is 36.0 Å². The Morgan fingerprint density at radius 3 is 3.09 bits per heavy atom. The van der Waals surface area contributed by atoms with Gasteiger partial charge in [-0.2, -0.15) is 5.10 Å². The SMILES string of the molecule is CCOc1cc2[nH]ncc2cc1Nc1ncnc2sc3c(c12)CCC(OC(=O)N(C)CCO)C3. The fourth-order valence-corrected chi connectivity index (χ4v) is 5.47. The third-order valence-electron chi connectivity index (χ3n) is 5.91. The van der Waals surface area contributed by atoms with Crippen molar-refractivity contribution in [3.63, 3.8) is 0 Å². The van der Waals surface area contributed by atoms with E-state index in [1.165, 1.54) is 10.5 Å². The molecule has 34 heavy (non-hydrogen) atoms. The quantitative estimate of drug-likeness (QED) is 0.365. The Hall–Kier alpha value is -3.44. The molecule has 1 aromatic carbocycles. The van der Waals surface area contributed by atoms with E-state index in [9.17, 15) is 4.79 Å². The molecular formula is C23H26N6O4S. The number of aromatic nitrogens is 4. The summed E-state index contributed by atoms with van der Waals surface area (Å²) in [7, 11) is 1.62. The summed E-state index contributed by atoms with van der Waals surface area (Å²) in [6.07, 6.45) is 4.84. The number of nitrogens with one attached hydrogen (secondary N) is 2. The first-order chi connectivity index (χ1) is 16.6. The average Bonchev–Trinajstić information content (AvgIpc) is 3.43. The summed E-state index contributed by atoms with van der Waals surface area (Å²) in [4.78, 5) is 24.7. The third-order valence-corrected chi connectivity index (χ3v) is 7.07. The topological polar surface area (TPSA) is 125 Å². The number of carbonyl (C=O) groups excluding carboxylic acids is 1. The number of aliphatic hydroxyl groups excluding tert-OH is 1. The fourth-order valence-electron chi connectivity index (χ4n) is 4.22. The van der Waals surface area contributed by atoms with E-state index < -0.39 is 6.09 Å². The molecule has 1 aliphatic carbocycles. The number of aromatic amines is 1. The lowest BCUT2D eigenvalue weighted by Crippen LogP contribution is -2.34. The molecule has 4 aromatic rings. The van der Waals surface area contributed by atoms with Gasteiger partial charge in [-0.3, -0.25) is 5.10 Å². The molecule has 0 radical (unpaired) electrons. The molecule has 3 heterocycles. The van der Waals surface area contributed by atoms with Crippen LogP contribution in [0, 0.1) is 0 Å². The molecule has 0 aliphatic heterocycles. The van der Waals surface area contributed by atoms with E-state index >= 15 is 0 Å². The minimum Gasteiger partial charge on any atom is -0.492 e. The number of rotatable bonds is 7. The van der Waals surface area contributed by atoms with E-state index in [0.717, 1.165) is 50.3 Å². The summed E-state index contributed by atoms with van der Waals surface area (Å²) in [6.45, 7) is 2.64. The molecule has 1 atom stereocenters. The van der Waals surface area contributed by atoms with Crippen molar-refractivity contribution >= 4 is 50.1 Å². The van der Waals surface area contributed by atoms with Crippen LogP contribution in [0.4, 0.5) is 16.3 Å². The molecule has 1 amide bonds. The van der Waals surface area contributed by atoms with Crippen molar-refractivity contribution in [1.29, 1.82) is 0 Å². The zero-order valence-electron chi connectivity index (χ0n) is 19.0. The number of ether oxygens (including phenoxy) is 2. The van der Waals surface area contributed by atoms with Crippen LogP contribution in [0.1, 0.15) is 23.8 Å². The lowest BCUT2D eigenvalue weighted by molar-refractivity contribution is 0.0593. The average molecular weight is 483 g/mol. The van der Waals surface area contributed by atoms with Gasteiger partial charge in [0.15, 0.2) is 0 Å². The Morgan fingerprint density at radius 2 is 2.26 bits per heavy atom. The highest BCUT2D eigenvalue weighted by Gasteiger charge is 2.28. The van der Waals surface area contributed by atoms with Crippen LogP contribution in [-0.2, 0) is 17.6 Å². The predicted molar refractivity (Wildman–Crippen MR) is 130 cm³/mol. The normalized spacial score (nSPS) is 15.3. The summed E-state index contributed by atoms with van der Waals surface area (Å²) in [5.41, 5.74) is 2.91. The number of anilines is 2. The zero-order valence-corrected chi connectivity index (χ0v) is 19.8. The minimum absolute atomic E-state index is 0.0935. The van der Waals surface area contributed by atoms with E-state index in [4.69, 9.17) is 14.6 Å². The van der Waals surface area contributed by atoms with Crippen LogP contribution in [0.25, 0.3) is 21.1 Å². The summed E-state index contributed by atoms with van der Waals surface area (Å²) < 4.78 is 11.5. The largest absolute Gasteiger partial charge is 0.492 e. The number of likely N-dealkylation sites (N-methyl/N-ethyl adjacent to an activating group) is 1. The number of aliphatic hydroxyl groups is 1. The maximum atomic E-state index is 12.2. The number of carbonyl (C=O) groups is 1. The standard InChI is InChI=1S/C23H26N6O4S/c1-3-32-18-10-16-13(11-26-28-16)8-17(18)27-21-20-15-5-4-14(33-23(31)29(2)6-7-30)9-19(15)34-22(20)25-12-24-21/h8,10-12,14,30H,3-7,9H2,1-2H3,(H,26,28)(H,24,25,27). The molecule has 3 N–H and O–H groups in total. The fraction of sp³-hybridized carbons (Fsp3) is 0.391. The molecule has 11 heteroatoms. The Labute approximate surface area is 199 Å². The first kappa shape index (κ1) is 22.4. The van der Waals surface area contributed by atoms with Gasteiger partial charge in [0.1, 0.15) is 28.8 Å². The van der Waals surface area contributed by atoms with Crippen LogP contribution in [0.3, 0.4) is 0 Å². The van der Waals surface area contributed by atoms with Crippen molar-refractivity contribution in [1.82, 2.24) is 25.1 Å². The highest BCUT2D eigenvalue weighted by molar-refractivity contribution is 7.19. The monoisotopic (exact) mass is 482 g/mol. The van der Waals surface area contributed by atoms with Gasteiger partial charge in [-0.25, -0.2) is 14.8 Å². The van der Waals surface area contributed by atoms with E-state index in [1.807, 2.05) is 19.1 Å². The number of hydrogen-bond acceptors (Lipinski definition) is 9. The Morgan fingerprint density at radius 1 is 1.38 bits per heavy atom. The number of amides is 1. The van der Waals surface area contributed by atoms with Crippen LogP contribution < -0.4 is 10.1 Å². The number of nitrogens with zero attached hydrogens (tertiary/aromatic N) is 4. The van der Waals surface area contributed by atoms with Crippen molar-refractivity contribution < 1.29 is 19.4 Å². The van der Waals surface area contributed by atoms with Crippen molar-refractivity contribution in [2.75, 3.05) is 32.1 Å². The Bertz CT molecular complexity index is 1340. The van der Waals surface area contributed by atoms with Crippen LogP contribution in [0.15, 0.2) is 24.7 Å². The van der Waals surface area contributed by atoms with Crippen molar-refractivity contribution in [3.05, 3.63) is 35.1 Å². The summed E-state index contributed by atoms with van der Waals surface area (Å²) in [6, 6.07) is 3.93. The first-order valence-electron chi connectivity index (χ1n) is 11.2. The van der Waals surface area contributed by atoms with E-state index in [0.29, 0.717) is 18.8 Å². The number of hydrogen-bond donors (Lipinski definition) is 3. The molecule has 0 fully saturated rings. The second-order valence-electron chi connectivity index (χ2n) is 8.16. The maximum absolute atomic E-state index is 12.2. The molecule has 0 saturated carbocycles. The van der Waals surface area contributed by atoms with Gasteiger partial charge in [0.2, 0.25) is 0 Å². The van der Waals surface area contributed by atoms with E-state index in [2.05, 4.69) is 25.5 Å². The third kappa shape index (κ3) is 4.24. The number of aryl methyl sites for hydroxylation is 1. The van der Waals surface area contributed by atoms with Crippen LogP contribution in [0.5, 0.6) is 5.75 Å². The molecule has 0 spiro atoms. The molecule has 1 aliphatic rings. The predicted octanol–water partition coefficient (Wildman–Crippen LogP) is 3.63. The van der Waals surface area contributed by atoms with Crippen molar-refractivity contribution in [3.8, 4) is 5.75 Å². The highest BCUT2D eigenvalue weighted by atomic mass is 32.1. The highest BCUT2D eigenvalue weighted by Crippen LogP contribution is 2.41. The summed E-state index contributed by atoms with van der Waals surface area (Å²) in [5, 5.41) is 21.6. The molecule has 5 rings (SSSR count). The van der Waals surface area contributed by atoms with Crippen molar-refractivity contribution in [2.45, 2.75) is 32.3 Å². The molecule has 1 unspecified atom stereocenters. The molecule has 3 aromatic heterocycles. The minimum atomic E-state index is -0.413. The maximum Gasteiger partial charge on any atom is 0.409 e. The van der Waals surface area contributed by atoms with Gasteiger partial charge in [-0.1, -0.05) is 0 Å². The van der Waals surface area contributed by atoms with Gasteiger partial charge < -0.3 is 24.8 Å².